The van der Waals surface area contributed by atoms with E-state index in [-0.39, 0.29) is 0 Å². The number of alkyl halides is 1. The average molecular weight is 540 g/mol. The molecule has 1 heterocycles. The lowest BCUT2D eigenvalue weighted by atomic mass is 9.38. The van der Waals surface area contributed by atoms with Crippen LogP contribution in [0.3, 0.4) is 0 Å². The fourth-order valence-corrected chi connectivity index (χ4v) is 4.29. The van der Waals surface area contributed by atoms with Crippen molar-refractivity contribution in [2.24, 2.45) is 0 Å². The van der Waals surface area contributed by atoms with E-state index in [4.69, 9.17) is 4.74 Å². The molecular weight excluding hydrogens is 515 g/mol. The standard InChI is InChI=1S/C16H18BBrO.C9H7BrN2/c1-3-17(14-8-6-9-15(11-14)19-2)16-10-5-4-7-13(16)12-18;10-8-1-3-9(4-2-8)12-6-5-11-7-12/h4-11H,3,12H2,1-2H3;1-7H. The molecule has 0 aliphatic carbocycles. The maximum atomic E-state index is 5.33. The zero-order valence-corrected chi connectivity index (χ0v) is 20.9. The fourth-order valence-electron chi connectivity index (χ4n) is 3.51. The average Bonchev–Trinajstić information content (AvgIpc) is 3.36. The van der Waals surface area contributed by atoms with Crippen molar-refractivity contribution >= 4 is 49.5 Å². The second-order valence-electron chi connectivity index (χ2n) is 7.02. The maximum Gasteiger partial charge on any atom is 0.209 e. The number of benzene rings is 3. The Kier molecular flexibility index (Phi) is 8.98. The van der Waals surface area contributed by atoms with E-state index in [0.717, 1.165) is 27.6 Å². The molecule has 0 spiro atoms. The molecule has 0 atom stereocenters. The number of nitrogens with zero attached hydrogens (tertiary/aromatic N) is 2. The van der Waals surface area contributed by atoms with Crippen molar-refractivity contribution < 1.29 is 4.74 Å². The number of methoxy groups -OCH3 is 1. The van der Waals surface area contributed by atoms with Crippen LogP contribution in [-0.2, 0) is 5.33 Å². The second kappa shape index (κ2) is 11.9. The third-order valence-electron chi connectivity index (χ3n) is 5.11. The summed E-state index contributed by atoms with van der Waals surface area (Å²) in [7, 11) is 1.71. The van der Waals surface area contributed by atoms with Crippen molar-refractivity contribution in [3.8, 4) is 11.4 Å². The summed E-state index contributed by atoms with van der Waals surface area (Å²) in [5.41, 5.74) is 5.19. The van der Waals surface area contributed by atoms with Gasteiger partial charge in [-0.3, -0.25) is 0 Å². The highest BCUT2D eigenvalue weighted by atomic mass is 79.9. The van der Waals surface area contributed by atoms with Gasteiger partial charge in [-0.15, -0.1) is 0 Å². The Bertz CT molecular complexity index is 1070. The third-order valence-corrected chi connectivity index (χ3v) is 6.24. The summed E-state index contributed by atoms with van der Waals surface area (Å²) in [4.78, 5) is 3.97. The lowest BCUT2D eigenvalue weighted by molar-refractivity contribution is 0.415. The molecule has 0 radical (unpaired) electrons. The molecule has 3 nitrogen and oxygen atoms in total. The highest BCUT2D eigenvalue weighted by Crippen LogP contribution is 2.13. The van der Waals surface area contributed by atoms with Crippen molar-refractivity contribution in [3.63, 3.8) is 0 Å². The molecule has 0 bridgehead atoms. The van der Waals surface area contributed by atoms with Crippen molar-refractivity contribution in [2.75, 3.05) is 7.11 Å². The van der Waals surface area contributed by atoms with Gasteiger partial charge in [-0.25, -0.2) is 4.98 Å². The van der Waals surface area contributed by atoms with Crippen molar-refractivity contribution in [3.05, 3.63) is 102 Å². The van der Waals surface area contributed by atoms with Gasteiger partial charge in [0.15, 0.2) is 0 Å². The molecule has 0 aliphatic rings. The van der Waals surface area contributed by atoms with E-state index >= 15 is 0 Å². The molecule has 31 heavy (non-hydrogen) atoms. The van der Waals surface area contributed by atoms with Gasteiger partial charge in [0.05, 0.1) is 13.4 Å². The molecule has 0 N–H and O–H groups in total. The Labute approximate surface area is 201 Å². The largest absolute Gasteiger partial charge is 0.497 e. The van der Waals surface area contributed by atoms with Gasteiger partial charge in [-0.05, 0) is 42.0 Å². The predicted octanol–water partition coefficient (Wildman–Crippen LogP) is 5.85. The van der Waals surface area contributed by atoms with E-state index in [1.807, 2.05) is 41.1 Å². The molecule has 0 saturated heterocycles. The summed E-state index contributed by atoms with van der Waals surface area (Å²) >= 11 is 6.97. The van der Waals surface area contributed by atoms with Crippen molar-refractivity contribution in [2.45, 2.75) is 18.6 Å². The van der Waals surface area contributed by atoms with Gasteiger partial charge < -0.3 is 9.30 Å². The summed E-state index contributed by atoms with van der Waals surface area (Å²) < 4.78 is 8.39. The first-order chi connectivity index (χ1) is 15.2. The maximum absolute atomic E-state index is 5.33. The topological polar surface area (TPSA) is 27.1 Å². The highest BCUT2D eigenvalue weighted by molar-refractivity contribution is 9.10. The first kappa shape index (κ1) is 23.4. The minimum atomic E-state index is 0.420. The van der Waals surface area contributed by atoms with Crippen LogP contribution in [0.5, 0.6) is 5.75 Å². The number of halogens is 2. The number of ether oxygens (including phenoxy) is 1. The van der Waals surface area contributed by atoms with Gasteiger partial charge in [0.25, 0.3) is 0 Å². The van der Waals surface area contributed by atoms with Gasteiger partial charge >= 0.3 is 0 Å². The number of hydrogen-bond acceptors (Lipinski definition) is 2. The summed E-state index contributed by atoms with van der Waals surface area (Å²) in [6.07, 6.45) is 6.55. The van der Waals surface area contributed by atoms with Crippen LogP contribution in [0.25, 0.3) is 5.69 Å². The smallest absolute Gasteiger partial charge is 0.209 e. The van der Waals surface area contributed by atoms with Crippen LogP contribution >= 0.6 is 31.9 Å². The van der Waals surface area contributed by atoms with Crippen LogP contribution in [0.2, 0.25) is 6.32 Å². The van der Waals surface area contributed by atoms with Crippen LogP contribution in [0.4, 0.5) is 0 Å². The van der Waals surface area contributed by atoms with E-state index in [1.165, 1.54) is 16.5 Å². The minimum Gasteiger partial charge on any atom is -0.497 e. The molecule has 0 amide bonds. The normalized spacial score (nSPS) is 10.2. The Morgan fingerprint density at radius 2 is 1.77 bits per heavy atom. The van der Waals surface area contributed by atoms with Crippen LogP contribution in [-0.4, -0.2) is 23.4 Å². The van der Waals surface area contributed by atoms with Crippen LogP contribution in [0, 0.1) is 0 Å². The summed E-state index contributed by atoms with van der Waals surface area (Å²) in [6, 6.07) is 25.1. The molecule has 158 valence electrons. The number of imidazole rings is 1. The van der Waals surface area contributed by atoms with Crippen molar-refractivity contribution in [1.82, 2.24) is 9.55 Å². The molecular formula is C25H25BBr2N2O. The molecule has 0 fully saturated rings. The molecule has 4 rings (SSSR count). The van der Waals surface area contributed by atoms with Crippen LogP contribution < -0.4 is 15.7 Å². The molecule has 6 heteroatoms. The quantitative estimate of drug-likeness (QED) is 0.227. The molecule has 0 unspecified atom stereocenters. The second-order valence-corrected chi connectivity index (χ2v) is 8.49. The summed E-state index contributed by atoms with van der Waals surface area (Å²) in [5.74, 6) is 0.923. The Hall–Kier alpha value is -2.31. The Balaban J connectivity index is 0.000000194. The van der Waals surface area contributed by atoms with Crippen LogP contribution in [0.15, 0.2) is 96.0 Å². The van der Waals surface area contributed by atoms with E-state index in [0.29, 0.717) is 6.71 Å². The van der Waals surface area contributed by atoms with E-state index in [2.05, 4.69) is 86.2 Å². The minimum absolute atomic E-state index is 0.420. The van der Waals surface area contributed by atoms with E-state index < -0.39 is 0 Å². The fraction of sp³-hybridized carbons (Fsp3) is 0.160. The molecule has 4 aromatic rings. The van der Waals surface area contributed by atoms with Gasteiger partial charge in [0, 0.05) is 27.9 Å². The highest BCUT2D eigenvalue weighted by Gasteiger charge is 2.19. The van der Waals surface area contributed by atoms with Crippen LogP contribution in [0.1, 0.15) is 12.5 Å². The number of hydrogen-bond donors (Lipinski definition) is 0. The predicted molar refractivity (Wildman–Crippen MR) is 139 cm³/mol. The number of aromatic nitrogens is 2. The zero-order valence-electron chi connectivity index (χ0n) is 17.7. The third kappa shape index (κ3) is 6.34. The van der Waals surface area contributed by atoms with E-state index in [9.17, 15) is 0 Å². The van der Waals surface area contributed by atoms with Gasteiger partial charge in [0.2, 0.25) is 6.71 Å². The summed E-state index contributed by atoms with van der Waals surface area (Å²) in [6.45, 7) is 2.65. The first-order valence-electron chi connectivity index (χ1n) is 10.2. The Morgan fingerprint density at radius 1 is 1.00 bits per heavy atom. The van der Waals surface area contributed by atoms with Gasteiger partial charge in [-0.1, -0.05) is 92.4 Å². The lowest BCUT2D eigenvalue weighted by Gasteiger charge is -2.16. The van der Waals surface area contributed by atoms with Gasteiger partial charge in [0.1, 0.15) is 5.75 Å². The van der Waals surface area contributed by atoms with Crippen molar-refractivity contribution in [1.29, 1.82) is 0 Å². The Morgan fingerprint density at radius 3 is 2.42 bits per heavy atom. The van der Waals surface area contributed by atoms with Gasteiger partial charge in [-0.2, -0.15) is 0 Å². The monoisotopic (exact) mass is 538 g/mol. The first-order valence-corrected chi connectivity index (χ1v) is 12.1. The lowest BCUT2D eigenvalue weighted by Crippen LogP contribution is -2.43. The molecule has 0 aliphatic heterocycles. The molecule has 3 aromatic carbocycles. The SMILES string of the molecule is Brc1ccc(-n2ccnc2)cc1.CCB(c1cccc(OC)c1)c1ccccc1CBr. The molecule has 0 saturated carbocycles. The summed E-state index contributed by atoms with van der Waals surface area (Å²) in [5, 5.41) is 0.893. The zero-order chi connectivity index (χ0) is 22.1. The molecule has 1 aromatic heterocycles. The number of rotatable bonds is 6. The van der Waals surface area contributed by atoms with E-state index in [1.54, 1.807) is 19.6 Å².